The number of likely N-dealkylation sites (tertiary alicyclic amines) is 1. The van der Waals surface area contributed by atoms with Crippen LogP contribution in [0.5, 0.6) is 5.75 Å². The number of aromatic nitrogens is 2. The van der Waals surface area contributed by atoms with Crippen LogP contribution in [0.25, 0.3) is 0 Å². The summed E-state index contributed by atoms with van der Waals surface area (Å²) in [5.41, 5.74) is 1.75. The summed E-state index contributed by atoms with van der Waals surface area (Å²) in [6.45, 7) is 4.00. The van der Waals surface area contributed by atoms with E-state index in [1.165, 1.54) is 0 Å². The Morgan fingerprint density at radius 1 is 1.41 bits per heavy atom. The summed E-state index contributed by atoms with van der Waals surface area (Å²) in [5, 5.41) is 7.04. The molecule has 0 radical (unpaired) electrons. The van der Waals surface area contributed by atoms with E-state index in [1.54, 1.807) is 6.20 Å². The molecular weight excluding hydrogens is 278 g/mol. The number of benzene rings is 1. The fourth-order valence-electron chi connectivity index (χ4n) is 3.00. The number of ether oxygens (including phenoxy) is 1. The Labute approximate surface area is 130 Å². The van der Waals surface area contributed by atoms with Gasteiger partial charge in [-0.2, -0.15) is 5.10 Å². The molecule has 1 atom stereocenters. The van der Waals surface area contributed by atoms with E-state index >= 15 is 0 Å². The second kappa shape index (κ2) is 6.64. The molecule has 1 fully saturated rings. The molecule has 22 heavy (non-hydrogen) atoms. The topological polar surface area (TPSA) is 58.2 Å². The summed E-state index contributed by atoms with van der Waals surface area (Å²) in [6, 6.07) is 9.46. The third-order valence-electron chi connectivity index (χ3n) is 4.09. The van der Waals surface area contributed by atoms with E-state index < -0.39 is 0 Å². The van der Waals surface area contributed by atoms with Crippen molar-refractivity contribution in [2.75, 3.05) is 19.7 Å². The van der Waals surface area contributed by atoms with Crippen LogP contribution >= 0.6 is 0 Å². The second-order valence-corrected chi connectivity index (χ2v) is 5.53. The van der Waals surface area contributed by atoms with Crippen molar-refractivity contribution in [3.8, 4) is 5.75 Å². The monoisotopic (exact) mass is 299 g/mol. The number of carbonyl (C=O) groups is 1. The first-order valence-corrected chi connectivity index (χ1v) is 7.80. The fraction of sp³-hybridized carbons (Fsp3) is 0.412. The highest BCUT2D eigenvalue weighted by atomic mass is 16.5. The van der Waals surface area contributed by atoms with Crippen molar-refractivity contribution in [3.63, 3.8) is 0 Å². The zero-order chi connectivity index (χ0) is 15.4. The van der Waals surface area contributed by atoms with E-state index in [1.807, 2.05) is 42.2 Å². The van der Waals surface area contributed by atoms with Crippen molar-refractivity contribution in [3.05, 3.63) is 47.8 Å². The maximum Gasteiger partial charge on any atom is 0.257 e. The smallest absolute Gasteiger partial charge is 0.257 e. The molecule has 0 spiro atoms. The van der Waals surface area contributed by atoms with Gasteiger partial charge in [0.1, 0.15) is 5.75 Å². The number of nitrogens with zero attached hydrogens (tertiary/aromatic N) is 2. The molecule has 1 amide bonds. The lowest BCUT2D eigenvalue weighted by Crippen LogP contribution is -2.39. The van der Waals surface area contributed by atoms with Gasteiger partial charge in [0.05, 0.1) is 12.2 Å². The molecule has 3 rings (SSSR count). The number of piperidine rings is 1. The molecule has 116 valence electrons. The van der Waals surface area contributed by atoms with Gasteiger partial charge >= 0.3 is 0 Å². The number of carbonyl (C=O) groups excluding carboxylic acids is 1. The lowest BCUT2D eigenvalue weighted by Gasteiger charge is -2.32. The molecule has 1 aliphatic rings. The number of H-pyrrole nitrogens is 1. The molecule has 0 saturated carbocycles. The summed E-state index contributed by atoms with van der Waals surface area (Å²) < 4.78 is 5.58. The summed E-state index contributed by atoms with van der Waals surface area (Å²) >= 11 is 0. The quantitative estimate of drug-likeness (QED) is 0.944. The van der Waals surface area contributed by atoms with Gasteiger partial charge in [-0.05, 0) is 38.0 Å². The van der Waals surface area contributed by atoms with Gasteiger partial charge in [0.15, 0.2) is 0 Å². The molecule has 1 aliphatic heterocycles. The summed E-state index contributed by atoms with van der Waals surface area (Å²) in [5.74, 6) is 1.05. The van der Waals surface area contributed by atoms with Gasteiger partial charge in [0, 0.05) is 30.9 Å². The molecule has 1 aromatic carbocycles. The fourth-order valence-corrected chi connectivity index (χ4v) is 3.00. The lowest BCUT2D eigenvalue weighted by atomic mass is 9.94. The van der Waals surface area contributed by atoms with Crippen LogP contribution in [0.3, 0.4) is 0 Å². The van der Waals surface area contributed by atoms with Gasteiger partial charge < -0.3 is 9.64 Å². The molecular formula is C17H21N3O2. The summed E-state index contributed by atoms with van der Waals surface area (Å²) in [4.78, 5) is 14.8. The Morgan fingerprint density at radius 3 is 3.05 bits per heavy atom. The predicted molar refractivity (Wildman–Crippen MR) is 84.1 cm³/mol. The molecule has 2 aromatic rings. The highest BCUT2D eigenvalue weighted by Gasteiger charge is 2.27. The van der Waals surface area contributed by atoms with Crippen LogP contribution in [-0.2, 0) is 0 Å². The van der Waals surface area contributed by atoms with Crippen LogP contribution in [0.15, 0.2) is 36.5 Å². The number of aromatic amines is 1. The zero-order valence-corrected chi connectivity index (χ0v) is 12.8. The van der Waals surface area contributed by atoms with Crippen molar-refractivity contribution in [1.29, 1.82) is 0 Å². The van der Waals surface area contributed by atoms with Crippen LogP contribution in [0, 0.1) is 0 Å². The van der Waals surface area contributed by atoms with E-state index in [-0.39, 0.29) is 5.91 Å². The van der Waals surface area contributed by atoms with Crippen molar-refractivity contribution in [2.24, 2.45) is 0 Å². The number of amides is 1. The van der Waals surface area contributed by atoms with Crippen molar-refractivity contribution >= 4 is 5.91 Å². The average Bonchev–Trinajstić information content (AvgIpc) is 3.10. The standard InChI is InChI=1S/C17H21N3O2/c1-2-22-16-8-4-3-7-14(16)17(21)20-11-5-6-13(12-20)15-9-10-18-19-15/h3-4,7-10,13H,2,5-6,11-12H2,1H3,(H,18,19)/t13-/m1/s1. The van der Waals surface area contributed by atoms with Crippen LogP contribution < -0.4 is 4.74 Å². The molecule has 1 aromatic heterocycles. The highest BCUT2D eigenvalue weighted by Crippen LogP contribution is 2.28. The van der Waals surface area contributed by atoms with E-state index in [0.29, 0.717) is 23.8 Å². The van der Waals surface area contributed by atoms with Gasteiger partial charge in [-0.3, -0.25) is 9.89 Å². The Morgan fingerprint density at radius 2 is 2.27 bits per heavy atom. The minimum absolute atomic E-state index is 0.0493. The second-order valence-electron chi connectivity index (χ2n) is 5.53. The number of rotatable bonds is 4. The molecule has 0 aliphatic carbocycles. The van der Waals surface area contributed by atoms with E-state index in [4.69, 9.17) is 4.74 Å². The maximum atomic E-state index is 12.8. The van der Waals surface area contributed by atoms with Crippen LogP contribution in [-0.4, -0.2) is 40.7 Å². The number of para-hydroxylation sites is 1. The normalized spacial score (nSPS) is 18.2. The van der Waals surface area contributed by atoms with Gasteiger partial charge in [0.2, 0.25) is 0 Å². The Hall–Kier alpha value is -2.30. The van der Waals surface area contributed by atoms with Gasteiger partial charge in [-0.15, -0.1) is 0 Å². The summed E-state index contributed by atoms with van der Waals surface area (Å²) in [6.07, 6.45) is 3.85. The first-order chi connectivity index (χ1) is 10.8. The molecule has 1 N–H and O–H groups in total. The van der Waals surface area contributed by atoms with Crippen LogP contribution in [0.4, 0.5) is 0 Å². The van der Waals surface area contributed by atoms with Crippen LogP contribution in [0.2, 0.25) is 0 Å². The van der Waals surface area contributed by atoms with Gasteiger partial charge in [-0.1, -0.05) is 12.1 Å². The van der Waals surface area contributed by atoms with Gasteiger partial charge in [-0.25, -0.2) is 0 Å². The zero-order valence-electron chi connectivity index (χ0n) is 12.8. The largest absolute Gasteiger partial charge is 0.493 e. The first kappa shape index (κ1) is 14.6. The van der Waals surface area contributed by atoms with Crippen molar-refractivity contribution in [1.82, 2.24) is 15.1 Å². The number of nitrogens with one attached hydrogen (secondary N) is 1. The average molecular weight is 299 g/mol. The molecule has 1 saturated heterocycles. The molecule has 2 heterocycles. The predicted octanol–water partition coefficient (Wildman–Crippen LogP) is 2.83. The molecule has 5 heteroatoms. The third-order valence-corrected chi connectivity index (χ3v) is 4.09. The molecule has 0 unspecified atom stereocenters. The Kier molecular flexibility index (Phi) is 4.42. The molecule has 5 nitrogen and oxygen atoms in total. The molecule has 0 bridgehead atoms. The van der Waals surface area contributed by atoms with Crippen LogP contribution in [0.1, 0.15) is 41.7 Å². The van der Waals surface area contributed by atoms with Gasteiger partial charge in [0.25, 0.3) is 5.91 Å². The maximum absolute atomic E-state index is 12.8. The minimum atomic E-state index is 0.0493. The lowest BCUT2D eigenvalue weighted by molar-refractivity contribution is 0.0701. The van der Waals surface area contributed by atoms with Crippen molar-refractivity contribution in [2.45, 2.75) is 25.7 Å². The third kappa shape index (κ3) is 2.98. The Bertz CT molecular complexity index is 625. The van der Waals surface area contributed by atoms with E-state index in [0.717, 1.165) is 31.6 Å². The minimum Gasteiger partial charge on any atom is -0.493 e. The first-order valence-electron chi connectivity index (χ1n) is 7.80. The van der Waals surface area contributed by atoms with E-state index in [2.05, 4.69) is 10.2 Å². The summed E-state index contributed by atoms with van der Waals surface area (Å²) in [7, 11) is 0. The van der Waals surface area contributed by atoms with Crippen molar-refractivity contribution < 1.29 is 9.53 Å². The van der Waals surface area contributed by atoms with E-state index in [9.17, 15) is 4.79 Å². The Balaban J connectivity index is 1.77. The highest BCUT2D eigenvalue weighted by molar-refractivity contribution is 5.97. The SMILES string of the molecule is CCOc1ccccc1C(=O)N1CCC[C@@H](c2ccn[nH]2)C1. The number of hydrogen-bond donors (Lipinski definition) is 1. The number of hydrogen-bond acceptors (Lipinski definition) is 3.